The van der Waals surface area contributed by atoms with Crippen molar-refractivity contribution in [2.75, 3.05) is 13.2 Å². The molecule has 588 valence electrons. The molecule has 0 spiro atoms. The lowest BCUT2D eigenvalue weighted by molar-refractivity contribution is -0.182. The van der Waals surface area contributed by atoms with Gasteiger partial charge in [-0.3, -0.25) is 24.0 Å². The molecule has 7 aromatic rings. The normalized spacial score (nSPS) is 17.4. The summed E-state index contributed by atoms with van der Waals surface area (Å²) in [4.78, 5) is 71.7. The zero-order chi connectivity index (χ0) is 80.7. The largest absolute Gasteiger partial charge is 0.508 e. The molecule has 8 atom stereocenters. The molecule has 1 aliphatic heterocycles. The molecule has 2 saturated carbocycles. The van der Waals surface area contributed by atoms with Crippen LogP contribution in [0.1, 0.15) is 210 Å². The summed E-state index contributed by atoms with van der Waals surface area (Å²) < 4.78 is 43.7. The first-order valence-electron chi connectivity index (χ1n) is 38.4. The molecule has 3 aliphatic rings. The fraction of sp³-hybridized carbons (Fsp3) is 0.467. The van der Waals surface area contributed by atoms with E-state index in [2.05, 4.69) is 59.7 Å². The third-order valence-electron chi connectivity index (χ3n) is 20.8. The number of carbonyl (C=O) groups is 6. The molecule has 0 radical (unpaired) electrons. The number of hydrogen-bond donors (Lipinski definition) is 2. The van der Waals surface area contributed by atoms with E-state index in [1.807, 2.05) is 223 Å². The summed E-state index contributed by atoms with van der Waals surface area (Å²) in [5.74, 6) is 1.97. The van der Waals surface area contributed by atoms with Crippen molar-refractivity contribution in [2.45, 2.75) is 219 Å². The number of fused-ring (bicyclic) bond motifs is 1. The first-order chi connectivity index (χ1) is 51.6. The van der Waals surface area contributed by atoms with Crippen molar-refractivity contribution in [3.63, 3.8) is 0 Å². The average Bonchev–Trinajstić information content (AvgIpc) is 1.54. The number of esters is 6. The van der Waals surface area contributed by atoms with Crippen molar-refractivity contribution in [1.82, 2.24) is 0 Å². The second-order valence-electron chi connectivity index (χ2n) is 31.2. The van der Waals surface area contributed by atoms with E-state index >= 15 is 0 Å². The Balaban J connectivity index is 0.000000240. The third-order valence-corrected chi connectivity index (χ3v) is 20.8. The molecule has 1 heterocycles. The zero-order valence-electron chi connectivity index (χ0n) is 67.6. The number of carbonyl (C=O) groups excluding carboxylic acids is 6. The van der Waals surface area contributed by atoms with Crippen LogP contribution in [0.15, 0.2) is 188 Å². The monoisotopic (exact) mass is 1490 g/mol. The Kier molecular flexibility index (Phi) is 35.3. The van der Waals surface area contributed by atoms with Gasteiger partial charge >= 0.3 is 35.8 Å². The Morgan fingerprint density at radius 2 is 0.945 bits per heavy atom. The molecule has 2 bridgehead atoms. The molecule has 10 rings (SSSR count). The Hall–Kier alpha value is -9.79. The molecule has 0 amide bonds. The standard InChI is InChI=1S/C24H32O4.C18H20O2.C15H19NO4.C13H18O2.C12H16O3.C10H14O/c1-5-19(4)21-11-13-22(14-12-21)26-17-23(25)28-24(27-16-18(2)3)15-20-9-7-6-8-10-20;1-4-18(2,3)17(19)20-16-12-10-15(11-13-16)14-8-6-5-7-9-14;1-4-14(2,3)12(17)19-10-8-5-9-11(10)20-13(18)15(9,6-8)7-16;1-4-13(2,3)12(14)15-10-11-8-6-5-7-9-11;1-4-12(2,3)11(14)15-10-7-5-9(13)6-8-10;1-3-8(2)9-4-6-10(11)7-5-9/h6-14,18-19,24H,5,15-17H2,1-4H3;5-13H,4H2,1-3H3;8-11H,4-6H2,1-3H3;5-9H,4,10H2,1-3H3;5-8,13H,4H2,1-3H3;4-8,11H,3H2,1-2H3. The molecule has 17 heteroatoms. The van der Waals surface area contributed by atoms with Crippen LogP contribution in [0, 0.1) is 56.2 Å². The van der Waals surface area contributed by atoms with E-state index in [1.165, 1.54) is 23.3 Å². The van der Waals surface area contributed by atoms with Crippen LogP contribution in [-0.2, 0) is 65.5 Å². The summed E-state index contributed by atoms with van der Waals surface area (Å²) in [6.45, 7) is 36.4. The lowest BCUT2D eigenvalue weighted by Gasteiger charge is -2.30. The van der Waals surface area contributed by atoms with E-state index < -0.39 is 46.0 Å². The summed E-state index contributed by atoms with van der Waals surface area (Å²) in [6.07, 6.45) is 5.52. The highest BCUT2D eigenvalue weighted by molar-refractivity contribution is 5.85. The van der Waals surface area contributed by atoms with Gasteiger partial charge in [0.05, 0.1) is 34.3 Å². The molecule has 17 nitrogen and oxygen atoms in total. The Labute approximate surface area is 648 Å². The number of benzene rings is 7. The van der Waals surface area contributed by atoms with E-state index in [-0.39, 0.29) is 59.6 Å². The first kappa shape index (κ1) is 89.8. The summed E-state index contributed by atoms with van der Waals surface area (Å²) in [5, 5.41) is 27.4. The molecular weight excluding hydrogens is 1380 g/mol. The number of rotatable bonds is 27. The second kappa shape index (κ2) is 42.8. The van der Waals surface area contributed by atoms with Gasteiger partial charge in [-0.2, -0.15) is 5.26 Å². The van der Waals surface area contributed by atoms with Gasteiger partial charge in [0, 0.05) is 18.3 Å². The number of nitrogens with zero attached hydrogens (tertiary/aromatic N) is 1. The molecule has 8 unspecified atom stereocenters. The van der Waals surface area contributed by atoms with E-state index in [0.29, 0.717) is 73.2 Å². The highest BCUT2D eigenvalue weighted by atomic mass is 16.7. The summed E-state index contributed by atoms with van der Waals surface area (Å²) in [5.41, 5.74) is 4.11. The molecule has 7 aromatic carbocycles. The zero-order valence-corrected chi connectivity index (χ0v) is 67.6. The van der Waals surface area contributed by atoms with Crippen molar-refractivity contribution in [3.05, 3.63) is 210 Å². The van der Waals surface area contributed by atoms with Crippen molar-refractivity contribution in [1.29, 1.82) is 5.26 Å². The average molecular weight is 1490 g/mol. The second-order valence-corrected chi connectivity index (χ2v) is 31.2. The van der Waals surface area contributed by atoms with Crippen LogP contribution in [-0.4, -0.2) is 77.7 Å². The quantitative estimate of drug-likeness (QED) is 0.0210. The molecule has 2 N–H and O–H groups in total. The van der Waals surface area contributed by atoms with E-state index in [4.69, 9.17) is 48.1 Å². The third kappa shape index (κ3) is 27.7. The molecular formula is C92H119NO16. The van der Waals surface area contributed by atoms with Gasteiger partial charge in [-0.05, 0) is 219 Å². The van der Waals surface area contributed by atoms with Crippen LogP contribution < -0.4 is 14.2 Å². The van der Waals surface area contributed by atoms with Gasteiger partial charge < -0.3 is 48.1 Å². The number of ether oxygens (including phenoxy) is 8. The predicted molar refractivity (Wildman–Crippen MR) is 426 cm³/mol. The number of aromatic hydroxyl groups is 2. The van der Waals surface area contributed by atoms with Crippen LogP contribution >= 0.6 is 0 Å². The number of hydrogen-bond acceptors (Lipinski definition) is 17. The maximum atomic E-state index is 12.3. The fourth-order valence-corrected chi connectivity index (χ4v) is 11.1. The Morgan fingerprint density at radius 1 is 0.532 bits per heavy atom. The van der Waals surface area contributed by atoms with Gasteiger partial charge in [0.25, 0.3) is 0 Å². The van der Waals surface area contributed by atoms with Crippen LogP contribution in [0.2, 0.25) is 0 Å². The first-order valence-corrected chi connectivity index (χ1v) is 38.4. The van der Waals surface area contributed by atoms with E-state index in [0.717, 1.165) is 60.8 Å². The Bertz CT molecular complexity index is 3960. The van der Waals surface area contributed by atoms with Gasteiger partial charge in [-0.25, -0.2) is 4.79 Å². The van der Waals surface area contributed by atoms with Gasteiger partial charge in [0.15, 0.2) is 12.0 Å². The minimum absolute atomic E-state index is 0.0766. The minimum atomic E-state index is -0.974. The van der Waals surface area contributed by atoms with Crippen LogP contribution in [0.5, 0.6) is 28.7 Å². The lowest BCUT2D eigenvalue weighted by Crippen LogP contribution is -2.42. The SMILES string of the molecule is CCC(C)(C)C(=O)OC1C2CC3C1OC(=O)C3(C#N)C2.CCC(C)(C)C(=O)OCc1ccccc1.CCC(C)(C)C(=O)Oc1ccc(-c2ccccc2)cc1.CCC(C)(C)C(=O)Oc1ccc(O)cc1.CCC(C)c1ccc(O)cc1.CCC(C)c1ccc(OCC(=O)OC(Cc2ccccc2)OCC(C)C)cc1. The van der Waals surface area contributed by atoms with Gasteiger partial charge in [-0.15, -0.1) is 0 Å². The molecule has 109 heavy (non-hydrogen) atoms. The Morgan fingerprint density at radius 3 is 1.40 bits per heavy atom. The minimum Gasteiger partial charge on any atom is -0.508 e. The van der Waals surface area contributed by atoms with E-state index in [1.54, 1.807) is 24.3 Å². The van der Waals surface area contributed by atoms with Crippen molar-refractivity contribution >= 4 is 35.8 Å². The van der Waals surface area contributed by atoms with Gasteiger partial charge in [-0.1, -0.05) is 197 Å². The van der Waals surface area contributed by atoms with Crippen molar-refractivity contribution in [2.24, 2.45) is 44.8 Å². The molecule has 0 aromatic heterocycles. The molecule has 3 fully saturated rings. The van der Waals surface area contributed by atoms with Crippen molar-refractivity contribution in [3.8, 4) is 45.9 Å². The topological polar surface area (TPSA) is 241 Å². The number of nitriles is 1. The smallest absolute Gasteiger partial charge is 0.346 e. The predicted octanol–water partition coefficient (Wildman–Crippen LogP) is 20.7. The van der Waals surface area contributed by atoms with Gasteiger partial charge in [0.1, 0.15) is 47.6 Å². The lowest BCUT2D eigenvalue weighted by atomic mass is 9.74. The molecule has 2 aliphatic carbocycles. The highest BCUT2D eigenvalue weighted by Crippen LogP contribution is 2.62. The van der Waals surface area contributed by atoms with Crippen LogP contribution in [0.4, 0.5) is 0 Å². The highest BCUT2D eigenvalue weighted by Gasteiger charge is 2.72. The number of phenolic OH excluding ortho intramolecular Hbond substituents is 2. The van der Waals surface area contributed by atoms with Gasteiger partial charge in [0.2, 0.25) is 6.29 Å². The fourth-order valence-electron chi connectivity index (χ4n) is 11.1. The van der Waals surface area contributed by atoms with Crippen molar-refractivity contribution < 1.29 is 76.9 Å². The van der Waals surface area contributed by atoms with Crippen LogP contribution in [0.25, 0.3) is 11.1 Å². The maximum Gasteiger partial charge on any atom is 0.346 e. The van der Waals surface area contributed by atoms with Crippen LogP contribution in [0.3, 0.4) is 0 Å². The molecule has 1 saturated heterocycles. The maximum absolute atomic E-state index is 12.3. The van der Waals surface area contributed by atoms with E-state index in [9.17, 15) is 34.0 Å². The summed E-state index contributed by atoms with van der Waals surface area (Å²) in [6, 6.07) is 60.9. The summed E-state index contributed by atoms with van der Waals surface area (Å²) >= 11 is 0. The summed E-state index contributed by atoms with van der Waals surface area (Å²) in [7, 11) is 0. The number of phenols is 2.